The smallest absolute Gasteiger partial charge is 0.161 e. The van der Waals surface area contributed by atoms with E-state index in [1.807, 2.05) is 11.8 Å². The highest BCUT2D eigenvalue weighted by Crippen LogP contribution is 2.24. The SMILES string of the molecule is CC(C)c1ccc(NC2=NC(C(C)C)CCS2)cc1. The van der Waals surface area contributed by atoms with Gasteiger partial charge in [0.2, 0.25) is 0 Å². The minimum absolute atomic E-state index is 0.471. The van der Waals surface area contributed by atoms with Gasteiger partial charge < -0.3 is 5.32 Å². The minimum Gasteiger partial charge on any atom is -0.335 e. The molecule has 2 rings (SSSR count). The Morgan fingerprint density at radius 1 is 1.16 bits per heavy atom. The molecule has 19 heavy (non-hydrogen) atoms. The Morgan fingerprint density at radius 2 is 1.84 bits per heavy atom. The van der Waals surface area contributed by atoms with Crippen molar-refractivity contribution in [2.75, 3.05) is 11.1 Å². The van der Waals surface area contributed by atoms with Gasteiger partial charge >= 0.3 is 0 Å². The third-order valence-corrected chi connectivity index (χ3v) is 4.45. The van der Waals surface area contributed by atoms with Crippen LogP contribution < -0.4 is 5.32 Å². The van der Waals surface area contributed by atoms with Gasteiger partial charge in [-0.25, -0.2) is 0 Å². The molecule has 0 spiro atoms. The Kier molecular flexibility index (Phi) is 4.92. The first-order valence-electron chi connectivity index (χ1n) is 7.14. The highest BCUT2D eigenvalue weighted by atomic mass is 32.2. The number of amidine groups is 1. The topological polar surface area (TPSA) is 24.4 Å². The largest absolute Gasteiger partial charge is 0.335 e. The van der Waals surface area contributed by atoms with Crippen LogP contribution in [0, 0.1) is 5.92 Å². The van der Waals surface area contributed by atoms with Gasteiger partial charge in [0.1, 0.15) is 0 Å². The predicted molar refractivity (Wildman–Crippen MR) is 87.3 cm³/mol. The number of nitrogens with one attached hydrogen (secondary N) is 1. The van der Waals surface area contributed by atoms with Crippen molar-refractivity contribution in [3.63, 3.8) is 0 Å². The van der Waals surface area contributed by atoms with Crippen molar-refractivity contribution in [1.82, 2.24) is 0 Å². The van der Waals surface area contributed by atoms with Crippen molar-refractivity contribution in [3.8, 4) is 0 Å². The van der Waals surface area contributed by atoms with E-state index in [1.54, 1.807) is 0 Å². The van der Waals surface area contributed by atoms with E-state index in [4.69, 9.17) is 4.99 Å². The summed E-state index contributed by atoms with van der Waals surface area (Å²) in [7, 11) is 0. The highest BCUT2D eigenvalue weighted by Gasteiger charge is 2.18. The second-order valence-corrected chi connectivity index (χ2v) is 6.87. The molecule has 1 unspecified atom stereocenters. The van der Waals surface area contributed by atoms with Gasteiger partial charge in [-0.3, -0.25) is 4.99 Å². The Bertz CT molecular complexity index is 435. The number of rotatable bonds is 3. The van der Waals surface area contributed by atoms with Crippen molar-refractivity contribution in [2.24, 2.45) is 10.9 Å². The molecule has 1 aromatic carbocycles. The Labute approximate surface area is 121 Å². The van der Waals surface area contributed by atoms with Crippen LogP contribution >= 0.6 is 11.8 Å². The lowest BCUT2D eigenvalue weighted by molar-refractivity contribution is 0.485. The number of aliphatic imine (C=N–C) groups is 1. The maximum absolute atomic E-state index is 4.80. The first-order chi connectivity index (χ1) is 9.06. The molecule has 3 heteroatoms. The third-order valence-electron chi connectivity index (χ3n) is 3.53. The quantitative estimate of drug-likeness (QED) is 0.862. The van der Waals surface area contributed by atoms with Crippen LogP contribution in [0.5, 0.6) is 0 Å². The minimum atomic E-state index is 0.471. The maximum atomic E-state index is 4.80. The Hall–Kier alpha value is -0.960. The van der Waals surface area contributed by atoms with Gasteiger partial charge in [-0.15, -0.1) is 0 Å². The summed E-state index contributed by atoms with van der Waals surface area (Å²) in [6.45, 7) is 8.94. The lowest BCUT2D eigenvalue weighted by Crippen LogP contribution is -2.23. The Morgan fingerprint density at radius 3 is 2.42 bits per heavy atom. The van der Waals surface area contributed by atoms with E-state index in [2.05, 4.69) is 57.3 Å². The molecular weight excluding hydrogens is 252 g/mol. The standard InChI is InChI=1S/C16H24N2S/c1-11(2)13-5-7-14(8-6-13)17-16-18-15(12(3)4)9-10-19-16/h5-8,11-12,15H,9-10H2,1-4H3,(H,17,18). The lowest BCUT2D eigenvalue weighted by atomic mass is 10.0. The molecule has 0 saturated carbocycles. The van der Waals surface area contributed by atoms with Crippen molar-refractivity contribution in [3.05, 3.63) is 29.8 Å². The van der Waals surface area contributed by atoms with E-state index in [9.17, 15) is 0 Å². The molecule has 0 saturated heterocycles. The van der Waals surface area contributed by atoms with E-state index >= 15 is 0 Å². The molecule has 0 radical (unpaired) electrons. The van der Waals surface area contributed by atoms with Gasteiger partial charge in [0.25, 0.3) is 0 Å². The first-order valence-corrected chi connectivity index (χ1v) is 8.12. The molecule has 1 atom stereocenters. The van der Waals surface area contributed by atoms with Crippen LogP contribution in [-0.4, -0.2) is 17.0 Å². The van der Waals surface area contributed by atoms with E-state index < -0.39 is 0 Å². The van der Waals surface area contributed by atoms with Crippen molar-refractivity contribution in [1.29, 1.82) is 0 Å². The molecule has 1 aromatic rings. The fourth-order valence-corrected chi connectivity index (χ4v) is 3.11. The molecule has 0 bridgehead atoms. The average Bonchev–Trinajstić information content (AvgIpc) is 2.39. The van der Waals surface area contributed by atoms with Crippen molar-refractivity contribution >= 4 is 22.6 Å². The van der Waals surface area contributed by atoms with Gasteiger partial charge in [0.15, 0.2) is 5.17 Å². The fourth-order valence-electron chi connectivity index (χ4n) is 2.15. The molecule has 1 aliphatic heterocycles. The van der Waals surface area contributed by atoms with Crippen LogP contribution in [0.2, 0.25) is 0 Å². The molecule has 1 N–H and O–H groups in total. The number of thioether (sulfide) groups is 1. The zero-order valence-corrected chi connectivity index (χ0v) is 13.1. The average molecular weight is 276 g/mol. The number of benzene rings is 1. The predicted octanol–water partition coefficient (Wildman–Crippen LogP) is 4.74. The molecule has 0 aromatic heterocycles. The molecule has 0 aliphatic carbocycles. The van der Waals surface area contributed by atoms with Gasteiger partial charge in [-0.2, -0.15) is 0 Å². The van der Waals surface area contributed by atoms with Gasteiger partial charge in [0.05, 0.1) is 6.04 Å². The monoisotopic (exact) mass is 276 g/mol. The summed E-state index contributed by atoms with van der Waals surface area (Å²) in [5.74, 6) is 2.38. The summed E-state index contributed by atoms with van der Waals surface area (Å²) < 4.78 is 0. The summed E-state index contributed by atoms with van der Waals surface area (Å²) in [6.07, 6.45) is 1.19. The van der Waals surface area contributed by atoms with Crippen LogP contribution in [0.15, 0.2) is 29.3 Å². The van der Waals surface area contributed by atoms with E-state index in [0.29, 0.717) is 17.9 Å². The number of anilines is 1. The number of nitrogens with zero attached hydrogens (tertiary/aromatic N) is 1. The lowest BCUT2D eigenvalue weighted by Gasteiger charge is -2.23. The van der Waals surface area contributed by atoms with Gasteiger partial charge in [-0.1, -0.05) is 51.6 Å². The normalized spacial score (nSPS) is 19.7. The Balaban J connectivity index is 2.04. The van der Waals surface area contributed by atoms with Crippen LogP contribution in [0.1, 0.15) is 45.6 Å². The van der Waals surface area contributed by atoms with Crippen LogP contribution in [0.4, 0.5) is 5.69 Å². The summed E-state index contributed by atoms with van der Waals surface area (Å²) in [5, 5.41) is 4.52. The molecule has 0 amide bonds. The van der Waals surface area contributed by atoms with E-state index in [1.165, 1.54) is 17.7 Å². The zero-order chi connectivity index (χ0) is 13.8. The summed E-state index contributed by atoms with van der Waals surface area (Å²) in [6, 6.07) is 9.16. The summed E-state index contributed by atoms with van der Waals surface area (Å²) >= 11 is 1.83. The van der Waals surface area contributed by atoms with Crippen molar-refractivity contribution in [2.45, 2.75) is 46.1 Å². The molecule has 1 heterocycles. The van der Waals surface area contributed by atoms with Crippen LogP contribution in [-0.2, 0) is 0 Å². The van der Waals surface area contributed by atoms with E-state index in [-0.39, 0.29) is 0 Å². The van der Waals surface area contributed by atoms with Crippen molar-refractivity contribution < 1.29 is 0 Å². The second kappa shape index (κ2) is 6.47. The third kappa shape index (κ3) is 4.00. The van der Waals surface area contributed by atoms with E-state index in [0.717, 1.165) is 10.9 Å². The molecule has 2 nitrogen and oxygen atoms in total. The molecule has 104 valence electrons. The first kappa shape index (κ1) is 14.4. The second-order valence-electron chi connectivity index (χ2n) is 5.78. The zero-order valence-electron chi connectivity index (χ0n) is 12.3. The highest BCUT2D eigenvalue weighted by molar-refractivity contribution is 8.14. The van der Waals surface area contributed by atoms with Crippen LogP contribution in [0.3, 0.4) is 0 Å². The summed E-state index contributed by atoms with van der Waals surface area (Å²) in [5.41, 5.74) is 2.52. The number of hydrogen-bond acceptors (Lipinski definition) is 3. The van der Waals surface area contributed by atoms with Gasteiger partial charge in [0, 0.05) is 11.4 Å². The molecule has 1 aliphatic rings. The summed E-state index contributed by atoms with van der Waals surface area (Å²) in [4.78, 5) is 4.80. The molecular formula is C16H24N2S. The number of hydrogen-bond donors (Lipinski definition) is 1. The van der Waals surface area contributed by atoms with Crippen LogP contribution in [0.25, 0.3) is 0 Å². The van der Waals surface area contributed by atoms with Gasteiger partial charge in [-0.05, 0) is 36.0 Å². The maximum Gasteiger partial charge on any atom is 0.161 e. The molecule has 0 fully saturated rings. The fraction of sp³-hybridized carbons (Fsp3) is 0.562.